The van der Waals surface area contributed by atoms with Crippen LogP contribution in [0.2, 0.25) is 5.02 Å². The number of benzene rings is 2. The molecule has 1 heterocycles. The average molecular weight is 386 g/mol. The number of halogens is 1. The second-order valence-electron chi connectivity index (χ2n) is 5.67. The van der Waals surface area contributed by atoms with Gasteiger partial charge >= 0.3 is 0 Å². The fourth-order valence-electron chi connectivity index (χ4n) is 2.57. The van der Waals surface area contributed by atoms with Gasteiger partial charge in [-0.1, -0.05) is 23.7 Å². The second kappa shape index (κ2) is 8.34. The van der Waals surface area contributed by atoms with Gasteiger partial charge in [0.25, 0.3) is 0 Å². The molecule has 0 bridgehead atoms. The first-order chi connectivity index (χ1) is 12.6. The molecule has 2 aromatic carbocycles. The molecule has 0 radical (unpaired) electrons. The van der Waals surface area contributed by atoms with Crippen LogP contribution in [-0.4, -0.2) is 17.4 Å². The third kappa shape index (κ3) is 4.06. The minimum absolute atomic E-state index is 0.733. The van der Waals surface area contributed by atoms with Gasteiger partial charge in [-0.05, 0) is 61.4 Å². The van der Waals surface area contributed by atoms with Crippen LogP contribution in [0.5, 0.6) is 5.75 Å². The normalized spacial score (nSPS) is 12.5. The summed E-state index contributed by atoms with van der Waals surface area (Å²) < 4.78 is 7.34. The lowest BCUT2D eigenvalue weighted by molar-refractivity contribution is 0.415. The van der Waals surface area contributed by atoms with Gasteiger partial charge in [0, 0.05) is 16.9 Å². The number of hydrogen-bond acceptors (Lipinski definition) is 4. The van der Waals surface area contributed by atoms with Crippen LogP contribution in [0.1, 0.15) is 19.4 Å². The van der Waals surface area contributed by atoms with Crippen molar-refractivity contribution in [3.05, 3.63) is 69.3 Å². The molecule has 0 fully saturated rings. The van der Waals surface area contributed by atoms with E-state index in [-0.39, 0.29) is 0 Å². The Kier molecular flexibility index (Phi) is 5.91. The van der Waals surface area contributed by atoms with Crippen molar-refractivity contribution in [1.29, 1.82) is 0 Å². The molecular weight excluding hydrogens is 366 g/mol. The molecule has 1 aromatic heterocycles. The van der Waals surface area contributed by atoms with Crippen LogP contribution in [0.4, 0.5) is 0 Å². The summed E-state index contributed by atoms with van der Waals surface area (Å²) in [5.74, 6) is 0.827. The molecular formula is C20H20ClN3OS. The van der Waals surface area contributed by atoms with Gasteiger partial charge in [0.05, 0.1) is 18.5 Å². The predicted molar refractivity (Wildman–Crippen MR) is 109 cm³/mol. The topological polar surface area (TPSA) is 38.9 Å². The molecule has 0 atom stereocenters. The summed E-state index contributed by atoms with van der Waals surface area (Å²) in [6, 6.07) is 15.6. The summed E-state index contributed by atoms with van der Waals surface area (Å²) in [6.07, 6.45) is 0. The SMILES string of the molecule is CCn1c(-c2ccc(Cl)cc2)cs/c1=N\N=C(\C)c1ccc(OC)cc1. The van der Waals surface area contributed by atoms with Gasteiger partial charge in [-0.25, -0.2) is 0 Å². The zero-order valence-electron chi connectivity index (χ0n) is 14.9. The van der Waals surface area contributed by atoms with Gasteiger partial charge in [-0.15, -0.1) is 16.4 Å². The van der Waals surface area contributed by atoms with E-state index < -0.39 is 0 Å². The standard InChI is InChI=1S/C20H20ClN3OS/c1-4-24-19(16-5-9-17(21)10-6-16)13-26-20(24)23-22-14(2)15-7-11-18(25-3)12-8-15/h5-13H,4H2,1-3H3/b22-14-,23-20-. The van der Waals surface area contributed by atoms with Crippen molar-refractivity contribution >= 4 is 28.6 Å². The molecule has 0 aliphatic heterocycles. The molecule has 0 saturated carbocycles. The number of nitrogens with zero attached hydrogens (tertiary/aromatic N) is 3. The van der Waals surface area contributed by atoms with Crippen LogP contribution in [0.15, 0.2) is 64.1 Å². The molecule has 26 heavy (non-hydrogen) atoms. The number of hydrogen-bond donors (Lipinski definition) is 0. The van der Waals surface area contributed by atoms with E-state index in [1.165, 1.54) is 0 Å². The molecule has 0 saturated heterocycles. The van der Waals surface area contributed by atoms with E-state index in [0.29, 0.717) is 0 Å². The number of aromatic nitrogens is 1. The minimum atomic E-state index is 0.733. The quantitative estimate of drug-likeness (QED) is 0.438. The lowest BCUT2D eigenvalue weighted by Gasteiger charge is -2.06. The third-order valence-electron chi connectivity index (χ3n) is 4.05. The van der Waals surface area contributed by atoms with Crippen molar-refractivity contribution in [2.45, 2.75) is 20.4 Å². The Hall–Kier alpha value is -2.37. The summed E-state index contributed by atoms with van der Waals surface area (Å²) in [7, 11) is 1.66. The van der Waals surface area contributed by atoms with Crippen molar-refractivity contribution in [2.75, 3.05) is 7.11 Å². The Morgan fingerprint density at radius 2 is 1.81 bits per heavy atom. The lowest BCUT2D eigenvalue weighted by atomic mass is 10.1. The molecule has 6 heteroatoms. The van der Waals surface area contributed by atoms with Gasteiger partial charge in [-0.3, -0.25) is 0 Å². The van der Waals surface area contributed by atoms with E-state index in [2.05, 4.69) is 27.1 Å². The summed E-state index contributed by atoms with van der Waals surface area (Å²) in [5.41, 5.74) is 4.11. The lowest BCUT2D eigenvalue weighted by Crippen LogP contribution is -2.14. The highest BCUT2D eigenvalue weighted by Crippen LogP contribution is 2.22. The minimum Gasteiger partial charge on any atom is -0.497 e. The summed E-state index contributed by atoms with van der Waals surface area (Å²) in [4.78, 5) is 0.866. The Morgan fingerprint density at radius 3 is 2.42 bits per heavy atom. The fourth-order valence-corrected chi connectivity index (χ4v) is 3.62. The molecule has 0 N–H and O–H groups in total. The molecule has 0 amide bonds. The first-order valence-corrected chi connectivity index (χ1v) is 9.55. The number of thiazole rings is 1. The van der Waals surface area contributed by atoms with E-state index in [1.807, 2.05) is 55.5 Å². The molecule has 3 aromatic rings. The van der Waals surface area contributed by atoms with Crippen molar-refractivity contribution < 1.29 is 4.74 Å². The maximum Gasteiger partial charge on any atom is 0.211 e. The van der Waals surface area contributed by atoms with Gasteiger partial charge in [0.2, 0.25) is 4.80 Å². The van der Waals surface area contributed by atoms with Gasteiger partial charge < -0.3 is 9.30 Å². The fraction of sp³-hybridized carbons (Fsp3) is 0.200. The van der Waals surface area contributed by atoms with E-state index in [1.54, 1.807) is 18.4 Å². The Balaban J connectivity index is 1.94. The first-order valence-electron chi connectivity index (χ1n) is 8.29. The van der Waals surface area contributed by atoms with Crippen LogP contribution in [0.3, 0.4) is 0 Å². The Labute approximate surface area is 162 Å². The van der Waals surface area contributed by atoms with Crippen molar-refractivity contribution in [2.24, 2.45) is 10.2 Å². The van der Waals surface area contributed by atoms with Gasteiger partial charge in [-0.2, -0.15) is 5.10 Å². The van der Waals surface area contributed by atoms with Crippen LogP contribution in [0.25, 0.3) is 11.3 Å². The first kappa shape index (κ1) is 18.4. The van der Waals surface area contributed by atoms with E-state index in [4.69, 9.17) is 16.3 Å². The highest BCUT2D eigenvalue weighted by atomic mass is 35.5. The molecule has 0 aliphatic carbocycles. The van der Waals surface area contributed by atoms with E-state index >= 15 is 0 Å². The number of ether oxygens (including phenoxy) is 1. The average Bonchev–Trinajstić information content (AvgIpc) is 3.09. The van der Waals surface area contributed by atoms with Gasteiger partial charge in [0.1, 0.15) is 5.75 Å². The van der Waals surface area contributed by atoms with Gasteiger partial charge in [0.15, 0.2) is 0 Å². The highest BCUT2D eigenvalue weighted by Gasteiger charge is 2.06. The smallest absolute Gasteiger partial charge is 0.211 e. The van der Waals surface area contributed by atoms with Crippen LogP contribution < -0.4 is 9.54 Å². The summed E-state index contributed by atoms with van der Waals surface area (Å²) in [6.45, 7) is 4.87. The summed E-state index contributed by atoms with van der Waals surface area (Å²) in [5, 5.41) is 11.7. The largest absolute Gasteiger partial charge is 0.497 e. The molecule has 0 spiro atoms. The predicted octanol–water partition coefficient (Wildman–Crippen LogP) is 5.22. The maximum absolute atomic E-state index is 5.99. The van der Waals surface area contributed by atoms with E-state index in [9.17, 15) is 0 Å². The molecule has 4 nitrogen and oxygen atoms in total. The number of methoxy groups -OCH3 is 1. The maximum atomic E-state index is 5.99. The Bertz CT molecular complexity index is 970. The highest BCUT2D eigenvalue weighted by molar-refractivity contribution is 7.07. The monoisotopic (exact) mass is 385 g/mol. The molecule has 0 aliphatic rings. The molecule has 3 rings (SSSR count). The molecule has 134 valence electrons. The number of rotatable bonds is 5. The van der Waals surface area contributed by atoms with Crippen molar-refractivity contribution in [3.8, 4) is 17.0 Å². The second-order valence-corrected chi connectivity index (χ2v) is 6.94. The zero-order valence-corrected chi connectivity index (χ0v) is 16.5. The third-order valence-corrected chi connectivity index (χ3v) is 5.15. The summed E-state index contributed by atoms with van der Waals surface area (Å²) >= 11 is 7.57. The van der Waals surface area contributed by atoms with Crippen LogP contribution >= 0.6 is 22.9 Å². The van der Waals surface area contributed by atoms with Crippen LogP contribution in [-0.2, 0) is 6.54 Å². The van der Waals surface area contributed by atoms with Crippen LogP contribution in [0, 0.1) is 0 Å². The van der Waals surface area contributed by atoms with Crippen molar-refractivity contribution in [1.82, 2.24) is 4.57 Å². The molecule has 0 unspecified atom stereocenters. The Morgan fingerprint density at radius 1 is 1.12 bits per heavy atom. The van der Waals surface area contributed by atoms with E-state index in [0.717, 1.165) is 44.7 Å². The zero-order chi connectivity index (χ0) is 18.5. The van der Waals surface area contributed by atoms with Crippen molar-refractivity contribution in [3.63, 3.8) is 0 Å².